The van der Waals surface area contributed by atoms with Crippen molar-refractivity contribution >= 4 is 0 Å². The second kappa shape index (κ2) is 4.27. The minimum absolute atomic E-state index is 0.287. The first-order valence-electron chi connectivity index (χ1n) is 5.45. The second-order valence-corrected chi connectivity index (χ2v) is 4.20. The van der Waals surface area contributed by atoms with Crippen molar-refractivity contribution in [3.05, 3.63) is 0 Å². The fourth-order valence-electron chi connectivity index (χ4n) is 2.60. The lowest BCUT2D eigenvalue weighted by Crippen LogP contribution is -2.34. The van der Waals surface area contributed by atoms with Gasteiger partial charge in [0.05, 0.1) is 5.60 Å². The summed E-state index contributed by atoms with van der Waals surface area (Å²) in [5, 5.41) is 10.3. The zero-order chi connectivity index (χ0) is 9.03. The third-order valence-corrected chi connectivity index (χ3v) is 3.36. The molecule has 0 amide bonds. The molecule has 1 aliphatic carbocycles. The van der Waals surface area contributed by atoms with Gasteiger partial charge in [-0.15, -0.1) is 0 Å². The lowest BCUT2D eigenvalue weighted by Gasteiger charge is -2.31. The van der Waals surface area contributed by atoms with Crippen molar-refractivity contribution in [3.63, 3.8) is 0 Å². The van der Waals surface area contributed by atoms with Crippen LogP contribution in [0.3, 0.4) is 0 Å². The van der Waals surface area contributed by atoms with Crippen molar-refractivity contribution in [1.82, 2.24) is 0 Å². The van der Waals surface area contributed by atoms with E-state index < -0.39 is 0 Å². The SMILES string of the molecule is CCCC(CC)C1(O)CCCC1. The van der Waals surface area contributed by atoms with Gasteiger partial charge in [-0.3, -0.25) is 0 Å². The predicted molar refractivity (Wildman–Crippen MR) is 52.1 cm³/mol. The highest BCUT2D eigenvalue weighted by atomic mass is 16.3. The van der Waals surface area contributed by atoms with E-state index in [1.165, 1.54) is 25.7 Å². The van der Waals surface area contributed by atoms with E-state index in [0.29, 0.717) is 5.92 Å². The zero-order valence-corrected chi connectivity index (χ0v) is 8.47. The molecule has 0 aliphatic heterocycles. The lowest BCUT2D eigenvalue weighted by molar-refractivity contribution is -0.0176. The van der Waals surface area contributed by atoms with Crippen molar-refractivity contribution in [1.29, 1.82) is 0 Å². The Morgan fingerprint density at radius 1 is 1.25 bits per heavy atom. The first-order chi connectivity index (χ1) is 5.73. The summed E-state index contributed by atoms with van der Waals surface area (Å²) in [7, 11) is 0. The van der Waals surface area contributed by atoms with Gasteiger partial charge in [0, 0.05) is 0 Å². The maximum Gasteiger partial charge on any atom is 0.0675 e. The van der Waals surface area contributed by atoms with Crippen LogP contribution in [0.1, 0.15) is 58.8 Å². The number of aliphatic hydroxyl groups is 1. The van der Waals surface area contributed by atoms with Gasteiger partial charge in [-0.05, 0) is 25.2 Å². The van der Waals surface area contributed by atoms with Crippen LogP contribution >= 0.6 is 0 Å². The summed E-state index contributed by atoms with van der Waals surface area (Å²) in [6, 6.07) is 0. The van der Waals surface area contributed by atoms with Crippen LogP contribution in [-0.2, 0) is 0 Å². The van der Waals surface area contributed by atoms with Crippen LogP contribution in [0.15, 0.2) is 0 Å². The molecule has 0 bridgehead atoms. The van der Waals surface area contributed by atoms with E-state index >= 15 is 0 Å². The standard InChI is InChI=1S/C11H22O/c1-3-7-10(4-2)11(12)8-5-6-9-11/h10,12H,3-9H2,1-2H3. The molecule has 0 spiro atoms. The van der Waals surface area contributed by atoms with E-state index in [9.17, 15) is 5.11 Å². The van der Waals surface area contributed by atoms with Gasteiger partial charge in [-0.1, -0.05) is 39.5 Å². The summed E-state index contributed by atoms with van der Waals surface area (Å²) < 4.78 is 0. The lowest BCUT2D eigenvalue weighted by atomic mass is 9.81. The van der Waals surface area contributed by atoms with Crippen molar-refractivity contribution in [2.24, 2.45) is 5.92 Å². The summed E-state index contributed by atoms with van der Waals surface area (Å²) in [6.45, 7) is 4.41. The van der Waals surface area contributed by atoms with Crippen LogP contribution in [0.4, 0.5) is 0 Å². The highest BCUT2D eigenvalue weighted by Gasteiger charge is 2.37. The minimum Gasteiger partial charge on any atom is -0.390 e. The third-order valence-electron chi connectivity index (χ3n) is 3.36. The minimum atomic E-state index is -0.287. The van der Waals surface area contributed by atoms with Gasteiger partial charge in [0.2, 0.25) is 0 Å². The molecule has 0 aromatic rings. The molecule has 1 N–H and O–H groups in total. The molecule has 1 unspecified atom stereocenters. The molecule has 1 heteroatoms. The van der Waals surface area contributed by atoms with E-state index in [2.05, 4.69) is 13.8 Å². The molecule has 0 aromatic carbocycles. The Morgan fingerprint density at radius 2 is 1.83 bits per heavy atom. The van der Waals surface area contributed by atoms with Crippen LogP contribution in [0.25, 0.3) is 0 Å². The fourth-order valence-corrected chi connectivity index (χ4v) is 2.60. The van der Waals surface area contributed by atoms with Gasteiger partial charge in [0.1, 0.15) is 0 Å². The second-order valence-electron chi connectivity index (χ2n) is 4.20. The molecule has 1 nitrogen and oxygen atoms in total. The van der Waals surface area contributed by atoms with Crippen LogP contribution in [0.5, 0.6) is 0 Å². The molecule has 0 heterocycles. The number of rotatable bonds is 4. The van der Waals surface area contributed by atoms with Crippen molar-refractivity contribution in [2.45, 2.75) is 64.4 Å². The molecule has 0 radical (unpaired) electrons. The van der Waals surface area contributed by atoms with Crippen LogP contribution in [0, 0.1) is 5.92 Å². The highest BCUT2D eigenvalue weighted by molar-refractivity contribution is 4.89. The molecule has 1 atom stereocenters. The molecule has 1 rings (SSSR count). The van der Waals surface area contributed by atoms with E-state index in [0.717, 1.165) is 19.3 Å². The Labute approximate surface area is 76.2 Å². The molecule has 0 aromatic heterocycles. The summed E-state index contributed by atoms with van der Waals surface area (Å²) in [5.74, 6) is 0.560. The molecule has 12 heavy (non-hydrogen) atoms. The Morgan fingerprint density at radius 3 is 2.25 bits per heavy atom. The van der Waals surface area contributed by atoms with Crippen LogP contribution in [-0.4, -0.2) is 10.7 Å². The molecule has 1 saturated carbocycles. The molecule has 1 fully saturated rings. The summed E-state index contributed by atoms with van der Waals surface area (Å²) in [6.07, 6.45) is 8.11. The topological polar surface area (TPSA) is 20.2 Å². The van der Waals surface area contributed by atoms with Gasteiger partial charge < -0.3 is 5.11 Å². The van der Waals surface area contributed by atoms with E-state index in [1.807, 2.05) is 0 Å². The molecule has 72 valence electrons. The maximum atomic E-state index is 10.3. The quantitative estimate of drug-likeness (QED) is 0.687. The largest absolute Gasteiger partial charge is 0.390 e. The average Bonchev–Trinajstić information content (AvgIpc) is 2.49. The first kappa shape index (κ1) is 10.0. The monoisotopic (exact) mass is 170 g/mol. The van der Waals surface area contributed by atoms with Crippen molar-refractivity contribution in [3.8, 4) is 0 Å². The van der Waals surface area contributed by atoms with Gasteiger partial charge >= 0.3 is 0 Å². The normalized spacial score (nSPS) is 24.2. The maximum absolute atomic E-state index is 10.3. The summed E-state index contributed by atoms with van der Waals surface area (Å²) in [4.78, 5) is 0. The van der Waals surface area contributed by atoms with Gasteiger partial charge in [-0.25, -0.2) is 0 Å². The Kier molecular flexibility index (Phi) is 3.57. The predicted octanol–water partition coefficient (Wildman–Crippen LogP) is 3.12. The van der Waals surface area contributed by atoms with E-state index in [4.69, 9.17) is 0 Å². The zero-order valence-electron chi connectivity index (χ0n) is 8.47. The third kappa shape index (κ3) is 2.01. The highest BCUT2D eigenvalue weighted by Crippen LogP contribution is 2.39. The molecular formula is C11H22O. The molecule has 1 aliphatic rings. The molecular weight excluding hydrogens is 148 g/mol. The van der Waals surface area contributed by atoms with Gasteiger partial charge in [0.25, 0.3) is 0 Å². The van der Waals surface area contributed by atoms with Crippen LogP contribution < -0.4 is 0 Å². The van der Waals surface area contributed by atoms with E-state index in [1.54, 1.807) is 0 Å². The van der Waals surface area contributed by atoms with Crippen molar-refractivity contribution < 1.29 is 5.11 Å². The molecule has 0 saturated heterocycles. The summed E-state index contributed by atoms with van der Waals surface area (Å²) in [5.41, 5.74) is -0.287. The average molecular weight is 170 g/mol. The summed E-state index contributed by atoms with van der Waals surface area (Å²) >= 11 is 0. The number of hydrogen-bond acceptors (Lipinski definition) is 1. The van der Waals surface area contributed by atoms with Crippen LogP contribution in [0.2, 0.25) is 0 Å². The number of hydrogen-bond donors (Lipinski definition) is 1. The smallest absolute Gasteiger partial charge is 0.0675 e. The first-order valence-corrected chi connectivity index (χ1v) is 5.45. The Bertz CT molecular complexity index is 125. The Balaban J connectivity index is 2.50. The van der Waals surface area contributed by atoms with E-state index in [-0.39, 0.29) is 5.60 Å². The Hall–Kier alpha value is -0.0400. The fraction of sp³-hybridized carbons (Fsp3) is 1.00. The van der Waals surface area contributed by atoms with Gasteiger partial charge in [0.15, 0.2) is 0 Å². The van der Waals surface area contributed by atoms with Crippen molar-refractivity contribution in [2.75, 3.05) is 0 Å². The van der Waals surface area contributed by atoms with Gasteiger partial charge in [-0.2, -0.15) is 0 Å².